The van der Waals surface area contributed by atoms with Gasteiger partial charge in [-0.15, -0.1) is 0 Å². The second kappa shape index (κ2) is 9.47. The van der Waals surface area contributed by atoms with Crippen LogP contribution in [0, 0.1) is 5.82 Å². The second-order valence-electron chi connectivity index (χ2n) is 7.36. The summed E-state index contributed by atoms with van der Waals surface area (Å²) in [7, 11) is 0. The molecule has 1 aliphatic rings. The molecule has 0 spiro atoms. The number of hydrogen-bond acceptors (Lipinski definition) is 4. The Morgan fingerprint density at radius 3 is 2.48 bits per heavy atom. The summed E-state index contributed by atoms with van der Waals surface area (Å²) in [6, 6.07) is 15.8. The first-order chi connectivity index (χ1) is 15.1. The molecule has 1 aromatic heterocycles. The fraction of sp³-hybridized carbons (Fsp3) is 0.250. The predicted molar refractivity (Wildman–Crippen MR) is 114 cm³/mol. The van der Waals surface area contributed by atoms with Crippen LogP contribution >= 0.6 is 0 Å². The maximum Gasteiger partial charge on any atom is 0.291 e. The minimum Gasteiger partial charge on any atom is -0.486 e. The van der Waals surface area contributed by atoms with Gasteiger partial charge in [0, 0.05) is 13.1 Å². The number of hydrogen-bond donors (Lipinski definition) is 1. The van der Waals surface area contributed by atoms with Crippen molar-refractivity contribution in [1.29, 1.82) is 0 Å². The Kier molecular flexibility index (Phi) is 6.31. The third-order valence-electron chi connectivity index (χ3n) is 5.13. The number of para-hydroxylation sites is 1. The molecule has 2 amide bonds. The molecule has 0 unspecified atom stereocenters. The van der Waals surface area contributed by atoms with E-state index in [1.165, 1.54) is 24.3 Å². The average Bonchev–Trinajstić information content (AvgIpc) is 3.28. The molecule has 3 aromatic rings. The number of ether oxygens (including phenoxy) is 1. The number of carbonyl (C=O) groups is 2. The van der Waals surface area contributed by atoms with Gasteiger partial charge in [0.1, 0.15) is 23.9 Å². The van der Waals surface area contributed by atoms with Crippen LogP contribution < -0.4 is 10.1 Å². The third kappa shape index (κ3) is 5.12. The van der Waals surface area contributed by atoms with E-state index >= 15 is 0 Å². The van der Waals surface area contributed by atoms with Crippen molar-refractivity contribution < 1.29 is 23.1 Å². The number of piperidine rings is 1. The van der Waals surface area contributed by atoms with Gasteiger partial charge >= 0.3 is 0 Å². The molecule has 0 atom stereocenters. The lowest BCUT2D eigenvalue weighted by molar-refractivity contribution is 0.0725. The number of benzene rings is 2. The highest BCUT2D eigenvalue weighted by Crippen LogP contribution is 2.21. The third-order valence-corrected chi connectivity index (χ3v) is 5.13. The van der Waals surface area contributed by atoms with Gasteiger partial charge in [-0.3, -0.25) is 9.59 Å². The van der Waals surface area contributed by atoms with Gasteiger partial charge in [0.25, 0.3) is 11.8 Å². The van der Waals surface area contributed by atoms with E-state index in [-0.39, 0.29) is 24.1 Å². The van der Waals surface area contributed by atoms with Gasteiger partial charge in [-0.05, 0) is 67.8 Å². The summed E-state index contributed by atoms with van der Waals surface area (Å²) in [6.07, 6.45) is 3.12. The highest BCUT2D eigenvalue weighted by Gasteiger charge is 2.22. The number of furan rings is 1. The number of rotatable bonds is 6. The van der Waals surface area contributed by atoms with Gasteiger partial charge in [-0.25, -0.2) is 4.39 Å². The predicted octanol–water partition coefficient (Wildman–Crippen LogP) is 4.88. The summed E-state index contributed by atoms with van der Waals surface area (Å²) in [4.78, 5) is 27.4. The van der Waals surface area contributed by atoms with E-state index in [9.17, 15) is 14.0 Å². The minimum absolute atomic E-state index is 0.0802. The normalized spacial score (nSPS) is 13.6. The second-order valence-corrected chi connectivity index (χ2v) is 7.36. The topological polar surface area (TPSA) is 71.8 Å². The van der Waals surface area contributed by atoms with Crippen LogP contribution in [-0.4, -0.2) is 29.8 Å². The van der Waals surface area contributed by atoms with E-state index < -0.39 is 5.91 Å². The lowest BCUT2D eigenvalue weighted by Crippen LogP contribution is -2.36. The van der Waals surface area contributed by atoms with Gasteiger partial charge in [-0.1, -0.05) is 12.1 Å². The highest BCUT2D eigenvalue weighted by molar-refractivity contribution is 6.07. The first kappa shape index (κ1) is 20.7. The van der Waals surface area contributed by atoms with Gasteiger partial charge in [-0.2, -0.15) is 0 Å². The first-order valence-electron chi connectivity index (χ1n) is 10.3. The number of halogens is 1. The highest BCUT2D eigenvalue weighted by atomic mass is 19.1. The molecule has 2 aromatic carbocycles. The van der Waals surface area contributed by atoms with E-state index in [4.69, 9.17) is 9.15 Å². The molecule has 31 heavy (non-hydrogen) atoms. The summed E-state index contributed by atoms with van der Waals surface area (Å²) in [6.45, 7) is 1.57. The molecule has 1 aliphatic heterocycles. The Bertz CT molecular complexity index is 1060. The van der Waals surface area contributed by atoms with E-state index in [1.807, 2.05) is 4.90 Å². The molecule has 0 aliphatic carbocycles. The summed E-state index contributed by atoms with van der Waals surface area (Å²) in [5.41, 5.74) is 0.910. The van der Waals surface area contributed by atoms with Crippen LogP contribution in [0.2, 0.25) is 0 Å². The van der Waals surface area contributed by atoms with E-state index in [0.717, 1.165) is 32.4 Å². The van der Waals surface area contributed by atoms with Crippen LogP contribution in [0.15, 0.2) is 65.1 Å². The summed E-state index contributed by atoms with van der Waals surface area (Å²) in [5.74, 6) is 0.178. The SMILES string of the molecule is O=C(Nc1ccccc1C(=O)N1CCCCC1)c1ccc(COc2ccc(F)cc2)o1. The monoisotopic (exact) mass is 422 g/mol. The molecule has 6 nitrogen and oxygen atoms in total. The Morgan fingerprint density at radius 2 is 1.71 bits per heavy atom. The number of nitrogens with one attached hydrogen (secondary N) is 1. The first-order valence-corrected chi connectivity index (χ1v) is 10.3. The summed E-state index contributed by atoms with van der Waals surface area (Å²) >= 11 is 0. The smallest absolute Gasteiger partial charge is 0.291 e. The van der Waals surface area contributed by atoms with Crippen molar-refractivity contribution in [2.75, 3.05) is 18.4 Å². The standard InChI is InChI=1S/C24H23FN2O4/c25-17-8-10-18(11-9-17)30-16-19-12-13-22(31-19)23(28)26-21-7-3-2-6-20(21)24(29)27-14-4-1-5-15-27/h2-3,6-13H,1,4-5,14-16H2,(H,26,28). The molecule has 7 heteroatoms. The van der Waals surface area contributed by atoms with E-state index in [0.29, 0.717) is 22.8 Å². The van der Waals surface area contributed by atoms with Crippen molar-refractivity contribution in [3.05, 3.63) is 83.6 Å². The van der Waals surface area contributed by atoms with E-state index in [1.54, 1.807) is 36.4 Å². The zero-order chi connectivity index (χ0) is 21.6. The number of nitrogens with zero attached hydrogens (tertiary/aromatic N) is 1. The van der Waals surface area contributed by atoms with Gasteiger partial charge in [0.15, 0.2) is 5.76 Å². The van der Waals surface area contributed by atoms with Crippen LogP contribution in [0.3, 0.4) is 0 Å². The van der Waals surface area contributed by atoms with Crippen molar-refractivity contribution in [1.82, 2.24) is 4.90 Å². The fourth-order valence-electron chi connectivity index (χ4n) is 3.49. The Labute approximate surface area is 179 Å². The summed E-state index contributed by atoms with van der Waals surface area (Å²) < 4.78 is 24.1. The molecule has 1 saturated heterocycles. The van der Waals surface area contributed by atoms with Crippen molar-refractivity contribution >= 4 is 17.5 Å². The molecule has 0 radical (unpaired) electrons. The number of likely N-dealkylation sites (tertiary alicyclic amines) is 1. The molecule has 4 rings (SSSR count). The van der Waals surface area contributed by atoms with Gasteiger partial charge < -0.3 is 19.4 Å². The van der Waals surface area contributed by atoms with Crippen LogP contribution in [0.1, 0.15) is 45.9 Å². The number of anilines is 1. The van der Waals surface area contributed by atoms with Crippen LogP contribution in [0.4, 0.5) is 10.1 Å². The number of carbonyl (C=O) groups excluding carboxylic acids is 2. The quantitative estimate of drug-likeness (QED) is 0.615. The molecule has 2 heterocycles. The fourth-order valence-corrected chi connectivity index (χ4v) is 3.49. The molecule has 0 saturated carbocycles. The molecule has 0 bridgehead atoms. The van der Waals surface area contributed by atoms with Crippen LogP contribution in [0.25, 0.3) is 0 Å². The lowest BCUT2D eigenvalue weighted by Gasteiger charge is -2.27. The maximum absolute atomic E-state index is 13.0. The zero-order valence-corrected chi connectivity index (χ0v) is 17.0. The lowest BCUT2D eigenvalue weighted by atomic mass is 10.1. The van der Waals surface area contributed by atoms with Crippen LogP contribution in [0.5, 0.6) is 5.75 Å². The minimum atomic E-state index is -0.452. The van der Waals surface area contributed by atoms with Crippen molar-refractivity contribution in [3.63, 3.8) is 0 Å². The molecular weight excluding hydrogens is 399 g/mol. The maximum atomic E-state index is 13.0. The average molecular weight is 422 g/mol. The molecular formula is C24H23FN2O4. The summed E-state index contributed by atoms with van der Waals surface area (Å²) in [5, 5.41) is 2.78. The van der Waals surface area contributed by atoms with Crippen molar-refractivity contribution in [3.8, 4) is 5.75 Å². The molecule has 1 fully saturated rings. The van der Waals surface area contributed by atoms with E-state index in [2.05, 4.69) is 5.32 Å². The largest absolute Gasteiger partial charge is 0.486 e. The number of amides is 2. The molecule has 1 N–H and O–H groups in total. The molecule has 160 valence electrons. The van der Waals surface area contributed by atoms with Crippen molar-refractivity contribution in [2.24, 2.45) is 0 Å². The Hall–Kier alpha value is -3.61. The zero-order valence-electron chi connectivity index (χ0n) is 17.0. The van der Waals surface area contributed by atoms with Crippen LogP contribution in [-0.2, 0) is 6.61 Å². The Balaban J connectivity index is 1.41. The van der Waals surface area contributed by atoms with Crippen molar-refractivity contribution in [2.45, 2.75) is 25.9 Å². The van der Waals surface area contributed by atoms with Gasteiger partial charge in [0.05, 0.1) is 11.3 Å². The Morgan fingerprint density at radius 1 is 0.968 bits per heavy atom. The van der Waals surface area contributed by atoms with Gasteiger partial charge in [0.2, 0.25) is 0 Å².